The minimum atomic E-state index is -0.975. The Labute approximate surface area is 168 Å². The third kappa shape index (κ3) is 3.20. The number of methoxy groups -OCH3 is 1. The highest BCUT2D eigenvalue weighted by molar-refractivity contribution is 6.08. The van der Waals surface area contributed by atoms with E-state index >= 15 is 0 Å². The van der Waals surface area contributed by atoms with Gasteiger partial charge in [0.15, 0.2) is 0 Å². The number of hydrogen-bond donors (Lipinski definition) is 1. The normalized spacial score (nSPS) is 15.3. The molecule has 0 saturated heterocycles. The Bertz CT molecular complexity index is 1060. The minimum Gasteiger partial charge on any atom is -0.497 e. The SMILES string of the molecule is COc1ccc(C(=O)N2c3ccccc3N(C)n3cccc3C2CC(=O)O)cc1. The first kappa shape index (κ1) is 18.6. The number of benzene rings is 2. The maximum absolute atomic E-state index is 13.6. The van der Waals surface area contributed by atoms with Gasteiger partial charge in [0.25, 0.3) is 5.91 Å². The lowest BCUT2D eigenvalue weighted by Crippen LogP contribution is -2.36. The standard InChI is InChI=1S/C22H21N3O4/c1-23-17-6-3-4-7-19(17)25(22(28)15-9-11-16(29-2)12-10-15)20(14-21(26)27)18-8-5-13-24(18)23/h3-13,20H,14H2,1-2H3,(H,26,27). The molecule has 2 aromatic carbocycles. The number of carboxylic acid groups (broad SMARTS) is 1. The maximum atomic E-state index is 13.6. The fraction of sp³-hybridized carbons (Fsp3) is 0.182. The van der Waals surface area contributed by atoms with Crippen LogP contribution in [0.1, 0.15) is 28.5 Å². The lowest BCUT2D eigenvalue weighted by Gasteiger charge is -2.30. The lowest BCUT2D eigenvalue weighted by atomic mass is 10.0. The molecular weight excluding hydrogens is 370 g/mol. The molecule has 0 bridgehead atoms. The van der Waals surface area contributed by atoms with E-state index in [4.69, 9.17) is 4.74 Å². The predicted octanol–water partition coefficient (Wildman–Crippen LogP) is 3.57. The fourth-order valence-corrected chi connectivity index (χ4v) is 3.77. The summed E-state index contributed by atoms with van der Waals surface area (Å²) in [6.45, 7) is 0. The van der Waals surface area contributed by atoms with Crippen molar-refractivity contribution >= 4 is 23.3 Å². The molecule has 0 saturated carbocycles. The van der Waals surface area contributed by atoms with Crippen molar-refractivity contribution in [2.24, 2.45) is 0 Å². The second kappa shape index (κ2) is 7.35. The topological polar surface area (TPSA) is 75.0 Å². The van der Waals surface area contributed by atoms with Gasteiger partial charge in [-0.15, -0.1) is 0 Å². The Hall–Kier alpha value is -3.74. The number of carbonyl (C=O) groups is 2. The molecule has 148 valence electrons. The molecule has 2 heterocycles. The molecule has 0 spiro atoms. The summed E-state index contributed by atoms with van der Waals surface area (Å²) in [5.74, 6) is -0.597. The largest absolute Gasteiger partial charge is 0.497 e. The number of carbonyl (C=O) groups excluding carboxylic acids is 1. The third-order valence-corrected chi connectivity index (χ3v) is 5.15. The van der Waals surface area contributed by atoms with Gasteiger partial charge >= 0.3 is 5.97 Å². The maximum Gasteiger partial charge on any atom is 0.305 e. The van der Waals surface area contributed by atoms with Crippen LogP contribution in [0.25, 0.3) is 0 Å². The van der Waals surface area contributed by atoms with Crippen molar-refractivity contribution in [2.45, 2.75) is 12.5 Å². The van der Waals surface area contributed by atoms with Crippen LogP contribution >= 0.6 is 0 Å². The zero-order valence-corrected chi connectivity index (χ0v) is 16.1. The van der Waals surface area contributed by atoms with Crippen LogP contribution in [-0.4, -0.2) is 35.8 Å². The van der Waals surface area contributed by atoms with Crippen molar-refractivity contribution in [3.05, 3.63) is 78.1 Å². The average molecular weight is 391 g/mol. The first-order chi connectivity index (χ1) is 14.0. The summed E-state index contributed by atoms with van der Waals surface area (Å²) >= 11 is 0. The number of ether oxygens (including phenoxy) is 1. The molecule has 1 aliphatic rings. The predicted molar refractivity (Wildman–Crippen MR) is 109 cm³/mol. The van der Waals surface area contributed by atoms with Crippen molar-refractivity contribution in [3.63, 3.8) is 0 Å². The zero-order chi connectivity index (χ0) is 20.5. The van der Waals surface area contributed by atoms with E-state index in [0.717, 1.165) is 11.4 Å². The van der Waals surface area contributed by atoms with Gasteiger partial charge in [-0.2, -0.15) is 0 Å². The molecule has 1 unspecified atom stereocenters. The summed E-state index contributed by atoms with van der Waals surface area (Å²) in [6.07, 6.45) is 1.65. The number of fused-ring (bicyclic) bond motifs is 2. The number of aliphatic carboxylic acids is 1. The molecule has 7 nitrogen and oxygen atoms in total. The molecule has 1 amide bonds. The first-order valence-electron chi connectivity index (χ1n) is 9.21. The average Bonchev–Trinajstić information content (AvgIpc) is 3.19. The van der Waals surface area contributed by atoms with Crippen molar-refractivity contribution in [3.8, 4) is 5.75 Å². The molecule has 0 radical (unpaired) electrons. The summed E-state index contributed by atoms with van der Waals surface area (Å²) < 4.78 is 7.06. The quantitative estimate of drug-likeness (QED) is 0.736. The van der Waals surface area contributed by atoms with Gasteiger partial charge in [-0.3, -0.25) is 24.2 Å². The van der Waals surface area contributed by atoms with Crippen LogP contribution in [-0.2, 0) is 4.79 Å². The van der Waals surface area contributed by atoms with E-state index < -0.39 is 12.0 Å². The van der Waals surface area contributed by atoms with Gasteiger partial charge in [0.2, 0.25) is 0 Å². The fourth-order valence-electron chi connectivity index (χ4n) is 3.77. The lowest BCUT2D eigenvalue weighted by molar-refractivity contribution is -0.137. The van der Waals surface area contributed by atoms with Crippen LogP contribution in [0.3, 0.4) is 0 Å². The number of amides is 1. The number of anilines is 2. The molecular formula is C22H21N3O4. The van der Waals surface area contributed by atoms with Crippen LogP contribution in [0.15, 0.2) is 66.9 Å². The van der Waals surface area contributed by atoms with Crippen molar-refractivity contribution in [1.29, 1.82) is 0 Å². The second-order valence-electron chi connectivity index (χ2n) is 6.81. The summed E-state index contributed by atoms with van der Waals surface area (Å²) in [5.41, 5.74) is 2.65. The Morgan fingerprint density at radius 3 is 2.34 bits per heavy atom. The monoisotopic (exact) mass is 391 g/mol. The first-order valence-corrected chi connectivity index (χ1v) is 9.21. The number of hydrogen-bond acceptors (Lipinski definition) is 4. The number of para-hydroxylation sites is 2. The Morgan fingerprint density at radius 2 is 1.69 bits per heavy atom. The Morgan fingerprint density at radius 1 is 1.00 bits per heavy atom. The highest BCUT2D eigenvalue weighted by Crippen LogP contribution is 2.41. The zero-order valence-electron chi connectivity index (χ0n) is 16.1. The van der Waals surface area contributed by atoms with Gasteiger partial charge in [-0.25, -0.2) is 0 Å². The molecule has 3 aromatic rings. The van der Waals surface area contributed by atoms with E-state index in [1.54, 1.807) is 36.3 Å². The summed E-state index contributed by atoms with van der Waals surface area (Å²) in [5, 5.41) is 11.5. The van der Waals surface area contributed by atoms with Crippen LogP contribution in [0, 0.1) is 0 Å². The van der Waals surface area contributed by atoms with E-state index in [-0.39, 0.29) is 12.3 Å². The van der Waals surface area contributed by atoms with Gasteiger partial charge in [0.1, 0.15) is 5.75 Å². The van der Waals surface area contributed by atoms with E-state index in [2.05, 4.69) is 0 Å². The van der Waals surface area contributed by atoms with Crippen LogP contribution in [0.5, 0.6) is 5.75 Å². The highest BCUT2D eigenvalue weighted by Gasteiger charge is 2.36. The Kier molecular flexibility index (Phi) is 4.72. The summed E-state index contributed by atoms with van der Waals surface area (Å²) in [6, 6.07) is 17.4. The summed E-state index contributed by atoms with van der Waals surface area (Å²) in [4.78, 5) is 26.9. The minimum absolute atomic E-state index is 0.214. The number of aromatic nitrogens is 1. The van der Waals surface area contributed by atoms with Crippen molar-refractivity contribution in [2.75, 3.05) is 24.1 Å². The van der Waals surface area contributed by atoms with Crippen molar-refractivity contribution in [1.82, 2.24) is 4.68 Å². The Balaban J connectivity index is 1.90. The molecule has 1 atom stereocenters. The van der Waals surface area contributed by atoms with Crippen LogP contribution in [0.4, 0.5) is 11.4 Å². The highest BCUT2D eigenvalue weighted by atomic mass is 16.5. The van der Waals surface area contributed by atoms with Crippen molar-refractivity contribution < 1.29 is 19.4 Å². The second-order valence-corrected chi connectivity index (χ2v) is 6.81. The van der Waals surface area contributed by atoms with Gasteiger partial charge in [-0.05, 0) is 48.5 Å². The van der Waals surface area contributed by atoms with E-state index in [1.807, 2.05) is 59.3 Å². The molecule has 0 aliphatic carbocycles. The van der Waals surface area contributed by atoms with E-state index in [0.29, 0.717) is 17.0 Å². The van der Waals surface area contributed by atoms with Gasteiger partial charge in [0, 0.05) is 18.8 Å². The molecule has 1 aliphatic heterocycles. The third-order valence-electron chi connectivity index (χ3n) is 5.15. The number of rotatable bonds is 4. The molecule has 7 heteroatoms. The van der Waals surface area contributed by atoms with Gasteiger partial charge in [-0.1, -0.05) is 12.1 Å². The van der Waals surface area contributed by atoms with Crippen LogP contribution < -0.4 is 14.6 Å². The molecule has 1 aromatic heterocycles. The van der Waals surface area contributed by atoms with E-state index in [9.17, 15) is 14.7 Å². The molecule has 0 fully saturated rings. The molecule has 1 N–H and O–H groups in total. The van der Waals surface area contributed by atoms with Gasteiger partial charge < -0.3 is 9.84 Å². The number of carboxylic acids is 1. The van der Waals surface area contributed by atoms with Crippen LogP contribution in [0.2, 0.25) is 0 Å². The summed E-state index contributed by atoms with van der Waals surface area (Å²) in [7, 11) is 3.45. The van der Waals surface area contributed by atoms with E-state index in [1.165, 1.54) is 0 Å². The smallest absolute Gasteiger partial charge is 0.305 e. The molecule has 29 heavy (non-hydrogen) atoms. The van der Waals surface area contributed by atoms with Gasteiger partial charge in [0.05, 0.1) is 36.6 Å². The molecule has 4 rings (SSSR count). The number of nitrogens with zero attached hydrogens (tertiary/aromatic N) is 3.